The number of fused-ring (bicyclic) bond motifs is 1. The van der Waals surface area contributed by atoms with Crippen molar-refractivity contribution in [3.63, 3.8) is 0 Å². The minimum absolute atomic E-state index is 0.262. The average Bonchev–Trinajstić information content (AvgIpc) is 2.42. The van der Waals surface area contributed by atoms with E-state index in [0.717, 1.165) is 11.8 Å². The number of aromatic nitrogens is 1. The van der Waals surface area contributed by atoms with E-state index in [1.807, 2.05) is 0 Å². The number of hydrogen-bond donors (Lipinski definition) is 1. The number of methoxy groups -OCH3 is 1. The van der Waals surface area contributed by atoms with E-state index in [1.165, 1.54) is 12.1 Å². The molecule has 19 heavy (non-hydrogen) atoms. The van der Waals surface area contributed by atoms with Gasteiger partial charge >= 0.3 is 0 Å². The van der Waals surface area contributed by atoms with Gasteiger partial charge in [0.05, 0.1) is 5.52 Å². The molecule has 0 saturated carbocycles. The van der Waals surface area contributed by atoms with Gasteiger partial charge in [0, 0.05) is 31.7 Å². The minimum atomic E-state index is -0.363. The molecule has 0 aliphatic rings. The van der Waals surface area contributed by atoms with Crippen LogP contribution < -0.4 is 5.32 Å². The Hall–Kier alpha value is -2.01. The van der Waals surface area contributed by atoms with Crippen LogP contribution >= 0.6 is 0 Å². The van der Waals surface area contributed by atoms with Crippen molar-refractivity contribution in [3.05, 3.63) is 41.8 Å². The second kappa shape index (κ2) is 6.24. The van der Waals surface area contributed by atoms with Gasteiger partial charge in [-0.05, 0) is 24.6 Å². The lowest BCUT2D eigenvalue weighted by Crippen LogP contribution is -2.26. The monoisotopic (exact) mass is 262 g/mol. The molecule has 0 atom stereocenters. The van der Waals surface area contributed by atoms with Gasteiger partial charge < -0.3 is 10.1 Å². The Balaban J connectivity index is 2.09. The quantitative estimate of drug-likeness (QED) is 0.840. The first-order valence-electron chi connectivity index (χ1n) is 6.04. The Morgan fingerprint density at radius 2 is 2.16 bits per heavy atom. The smallest absolute Gasteiger partial charge is 0.269 e. The van der Waals surface area contributed by atoms with Gasteiger partial charge in [-0.25, -0.2) is 9.37 Å². The zero-order valence-electron chi connectivity index (χ0n) is 10.6. The summed E-state index contributed by atoms with van der Waals surface area (Å²) in [5.41, 5.74) is 0.764. The number of nitrogens with one attached hydrogen (secondary N) is 1. The Morgan fingerprint density at radius 1 is 1.37 bits per heavy atom. The topological polar surface area (TPSA) is 51.2 Å². The molecule has 2 aromatic rings. The maximum absolute atomic E-state index is 13.1. The van der Waals surface area contributed by atoms with Crippen LogP contribution in [0.5, 0.6) is 0 Å². The molecule has 0 spiro atoms. The van der Waals surface area contributed by atoms with Gasteiger partial charge in [0.25, 0.3) is 5.91 Å². The number of ether oxygens (including phenoxy) is 1. The standard InChI is InChI=1S/C14H15FN2O2/c1-19-8-2-7-16-14(18)12-6-4-10-3-5-11(15)9-13(10)17-12/h3-6,9H,2,7-8H2,1H3,(H,16,18). The Labute approximate surface area is 110 Å². The van der Waals surface area contributed by atoms with Crippen LogP contribution in [0, 0.1) is 5.82 Å². The summed E-state index contributed by atoms with van der Waals surface area (Å²) in [5, 5.41) is 3.54. The highest BCUT2D eigenvalue weighted by atomic mass is 19.1. The van der Waals surface area contributed by atoms with Crippen molar-refractivity contribution in [3.8, 4) is 0 Å². The maximum Gasteiger partial charge on any atom is 0.269 e. The molecule has 0 aliphatic heterocycles. The number of halogens is 1. The van der Waals surface area contributed by atoms with Gasteiger partial charge in [-0.2, -0.15) is 0 Å². The number of benzene rings is 1. The normalized spacial score (nSPS) is 10.6. The molecule has 0 fully saturated rings. The lowest BCUT2D eigenvalue weighted by atomic mass is 10.2. The molecule has 0 radical (unpaired) electrons. The van der Waals surface area contributed by atoms with Crippen LogP contribution in [0.4, 0.5) is 4.39 Å². The van der Waals surface area contributed by atoms with Crippen molar-refractivity contribution >= 4 is 16.8 Å². The molecule has 4 nitrogen and oxygen atoms in total. The van der Waals surface area contributed by atoms with E-state index < -0.39 is 0 Å². The zero-order chi connectivity index (χ0) is 13.7. The Kier molecular flexibility index (Phi) is 4.41. The predicted octanol–water partition coefficient (Wildman–Crippen LogP) is 2.14. The number of carbonyl (C=O) groups excluding carboxylic acids is 1. The lowest BCUT2D eigenvalue weighted by molar-refractivity contribution is 0.0944. The van der Waals surface area contributed by atoms with E-state index in [-0.39, 0.29) is 17.4 Å². The number of hydrogen-bond acceptors (Lipinski definition) is 3. The summed E-state index contributed by atoms with van der Waals surface area (Å²) in [4.78, 5) is 16.0. The third kappa shape index (κ3) is 3.48. The van der Waals surface area contributed by atoms with Gasteiger partial charge in [-0.3, -0.25) is 4.79 Å². The first-order valence-corrected chi connectivity index (χ1v) is 6.04. The van der Waals surface area contributed by atoms with Gasteiger partial charge in [0.2, 0.25) is 0 Å². The van der Waals surface area contributed by atoms with Crippen LogP contribution in [0.3, 0.4) is 0 Å². The van der Waals surface area contributed by atoms with E-state index in [2.05, 4.69) is 10.3 Å². The van der Waals surface area contributed by atoms with E-state index in [9.17, 15) is 9.18 Å². The summed E-state index contributed by atoms with van der Waals surface area (Å²) in [6.07, 6.45) is 0.741. The average molecular weight is 262 g/mol. The van der Waals surface area contributed by atoms with Gasteiger partial charge in [-0.1, -0.05) is 6.07 Å². The molecule has 0 bridgehead atoms. The molecule has 0 unspecified atom stereocenters. The number of pyridine rings is 1. The molecule has 1 N–H and O–H groups in total. The fourth-order valence-corrected chi connectivity index (χ4v) is 1.73. The summed E-state index contributed by atoms with van der Waals surface area (Å²) in [6.45, 7) is 1.12. The minimum Gasteiger partial charge on any atom is -0.385 e. The summed E-state index contributed by atoms with van der Waals surface area (Å²) in [6, 6.07) is 7.71. The molecule has 2 rings (SSSR count). The molecular weight excluding hydrogens is 247 g/mol. The van der Waals surface area contributed by atoms with Crippen LogP contribution in [0.25, 0.3) is 10.9 Å². The third-order valence-electron chi connectivity index (χ3n) is 2.70. The van der Waals surface area contributed by atoms with Crippen LogP contribution in [0.1, 0.15) is 16.9 Å². The second-order valence-electron chi connectivity index (χ2n) is 4.14. The SMILES string of the molecule is COCCCNC(=O)c1ccc2ccc(F)cc2n1. The number of carbonyl (C=O) groups is 1. The van der Waals surface area contributed by atoms with Crippen LogP contribution in [0.2, 0.25) is 0 Å². The van der Waals surface area contributed by atoms with Crippen molar-refractivity contribution in [2.45, 2.75) is 6.42 Å². The molecular formula is C14H15FN2O2. The Bertz CT molecular complexity index is 587. The largest absolute Gasteiger partial charge is 0.385 e. The molecule has 0 aliphatic carbocycles. The number of rotatable bonds is 5. The van der Waals surface area contributed by atoms with Crippen molar-refractivity contribution in [2.24, 2.45) is 0 Å². The summed E-state index contributed by atoms with van der Waals surface area (Å²) in [7, 11) is 1.61. The Morgan fingerprint density at radius 3 is 2.95 bits per heavy atom. The van der Waals surface area contributed by atoms with Crippen LogP contribution in [-0.4, -0.2) is 31.2 Å². The molecule has 100 valence electrons. The van der Waals surface area contributed by atoms with Crippen molar-refractivity contribution in [1.82, 2.24) is 10.3 Å². The first kappa shape index (κ1) is 13.4. The van der Waals surface area contributed by atoms with E-state index in [4.69, 9.17) is 4.74 Å². The molecule has 1 aromatic carbocycles. The summed E-state index contributed by atoms with van der Waals surface area (Å²) in [5.74, 6) is -0.625. The lowest BCUT2D eigenvalue weighted by Gasteiger charge is -2.05. The highest BCUT2D eigenvalue weighted by Crippen LogP contribution is 2.13. The maximum atomic E-state index is 13.1. The fraction of sp³-hybridized carbons (Fsp3) is 0.286. The van der Waals surface area contributed by atoms with E-state index >= 15 is 0 Å². The van der Waals surface area contributed by atoms with Gasteiger partial charge in [0.15, 0.2) is 0 Å². The molecule has 0 saturated heterocycles. The third-order valence-corrected chi connectivity index (χ3v) is 2.70. The molecule has 1 heterocycles. The number of amides is 1. The van der Waals surface area contributed by atoms with Crippen LogP contribution in [-0.2, 0) is 4.74 Å². The van der Waals surface area contributed by atoms with Gasteiger partial charge in [0.1, 0.15) is 11.5 Å². The number of nitrogens with zero attached hydrogens (tertiary/aromatic N) is 1. The van der Waals surface area contributed by atoms with E-state index in [0.29, 0.717) is 18.7 Å². The second-order valence-corrected chi connectivity index (χ2v) is 4.14. The summed E-state index contributed by atoms with van der Waals surface area (Å²) < 4.78 is 18.0. The highest BCUT2D eigenvalue weighted by molar-refractivity contribution is 5.94. The van der Waals surface area contributed by atoms with Crippen molar-refractivity contribution in [1.29, 1.82) is 0 Å². The summed E-state index contributed by atoms with van der Waals surface area (Å²) >= 11 is 0. The van der Waals surface area contributed by atoms with Crippen molar-refractivity contribution < 1.29 is 13.9 Å². The van der Waals surface area contributed by atoms with Crippen LogP contribution in [0.15, 0.2) is 30.3 Å². The zero-order valence-corrected chi connectivity index (χ0v) is 10.6. The molecule has 1 amide bonds. The molecule has 1 aromatic heterocycles. The van der Waals surface area contributed by atoms with Gasteiger partial charge in [-0.15, -0.1) is 0 Å². The fourth-order valence-electron chi connectivity index (χ4n) is 1.73. The van der Waals surface area contributed by atoms with E-state index in [1.54, 1.807) is 25.3 Å². The highest BCUT2D eigenvalue weighted by Gasteiger charge is 2.07. The first-order chi connectivity index (χ1) is 9.20. The van der Waals surface area contributed by atoms with Crippen molar-refractivity contribution in [2.75, 3.05) is 20.3 Å². The predicted molar refractivity (Wildman–Crippen MR) is 70.5 cm³/mol. The molecule has 5 heteroatoms.